The second-order valence-electron chi connectivity index (χ2n) is 5.07. The lowest BCUT2D eigenvalue weighted by molar-refractivity contribution is -0.126. The highest BCUT2D eigenvalue weighted by Crippen LogP contribution is 2.17. The molecule has 1 unspecified atom stereocenters. The molecule has 0 aliphatic carbocycles. The van der Waals surface area contributed by atoms with E-state index in [0.717, 1.165) is 12.0 Å². The van der Waals surface area contributed by atoms with E-state index in [4.69, 9.17) is 5.73 Å². The van der Waals surface area contributed by atoms with Crippen LogP contribution in [-0.2, 0) is 4.79 Å². The van der Waals surface area contributed by atoms with Crippen molar-refractivity contribution in [3.8, 4) is 0 Å². The first-order valence-electron chi connectivity index (χ1n) is 6.01. The summed E-state index contributed by atoms with van der Waals surface area (Å²) in [5.74, 6) is -0.120. The molecule has 0 aliphatic rings. The van der Waals surface area contributed by atoms with Crippen molar-refractivity contribution in [2.24, 2.45) is 5.73 Å². The molecule has 1 amide bonds. The van der Waals surface area contributed by atoms with Crippen LogP contribution in [0.3, 0.4) is 0 Å². The van der Waals surface area contributed by atoms with Crippen LogP contribution in [0.25, 0.3) is 0 Å². The van der Waals surface area contributed by atoms with E-state index in [9.17, 15) is 4.79 Å². The Morgan fingerprint density at radius 2 is 1.88 bits per heavy atom. The van der Waals surface area contributed by atoms with Gasteiger partial charge in [0.1, 0.15) is 0 Å². The average Bonchev–Trinajstić information content (AvgIpc) is 2.25. The summed E-state index contributed by atoms with van der Waals surface area (Å²) in [6.45, 7) is 7.52. The lowest BCUT2D eigenvalue weighted by Crippen LogP contribution is -2.49. The van der Waals surface area contributed by atoms with Gasteiger partial charge in [-0.15, -0.1) is 0 Å². The molecular formula is C14H22N2O. The first-order valence-corrected chi connectivity index (χ1v) is 6.01. The summed E-state index contributed by atoms with van der Waals surface area (Å²) >= 11 is 0. The van der Waals surface area contributed by atoms with Gasteiger partial charge in [0, 0.05) is 0 Å². The molecule has 0 saturated heterocycles. The highest BCUT2D eigenvalue weighted by atomic mass is 16.2. The summed E-state index contributed by atoms with van der Waals surface area (Å²) in [6, 6.07) is 8.24. The Morgan fingerprint density at radius 3 is 2.29 bits per heavy atom. The lowest BCUT2D eigenvalue weighted by Gasteiger charge is -2.24. The molecule has 1 aromatic rings. The highest BCUT2D eigenvalue weighted by Gasteiger charge is 2.24. The van der Waals surface area contributed by atoms with Crippen LogP contribution < -0.4 is 11.1 Å². The molecular weight excluding hydrogens is 212 g/mol. The van der Waals surface area contributed by atoms with Crippen LogP contribution in [0.15, 0.2) is 24.3 Å². The normalized spacial score (nSPS) is 13.2. The molecule has 1 aromatic carbocycles. The van der Waals surface area contributed by atoms with Crippen LogP contribution in [0.1, 0.15) is 44.4 Å². The van der Waals surface area contributed by atoms with E-state index >= 15 is 0 Å². The smallest absolute Gasteiger partial charge is 0.239 e. The minimum Gasteiger partial charge on any atom is -0.348 e. The SMILES string of the molecule is CCC(NC(=O)C(C)(C)N)c1ccc(C)cc1. The third-order valence-corrected chi connectivity index (χ3v) is 2.78. The number of hydrogen-bond acceptors (Lipinski definition) is 2. The molecule has 3 N–H and O–H groups in total. The van der Waals surface area contributed by atoms with Gasteiger partial charge in [0.25, 0.3) is 0 Å². The fourth-order valence-corrected chi connectivity index (χ4v) is 1.56. The van der Waals surface area contributed by atoms with E-state index in [2.05, 4.69) is 17.4 Å². The Balaban J connectivity index is 2.79. The summed E-state index contributed by atoms with van der Waals surface area (Å²) in [5.41, 5.74) is 7.27. The van der Waals surface area contributed by atoms with Crippen LogP contribution in [0, 0.1) is 6.92 Å². The van der Waals surface area contributed by atoms with E-state index < -0.39 is 5.54 Å². The van der Waals surface area contributed by atoms with Crippen molar-refractivity contribution in [2.75, 3.05) is 0 Å². The number of aryl methyl sites for hydroxylation is 1. The van der Waals surface area contributed by atoms with E-state index in [0.29, 0.717) is 0 Å². The van der Waals surface area contributed by atoms with Gasteiger partial charge in [-0.2, -0.15) is 0 Å². The van der Waals surface area contributed by atoms with Crippen LogP contribution >= 0.6 is 0 Å². The molecule has 1 rings (SSSR count). The molecule has 0 spiro atoms. The largest absolute Gasteiger partial charge is 0.348 e. The fraction of sp³-hybridized carbons (Fsp3) is 0.500. The first kappa shape index (κ1) is 13.7. The monoisotopic (exact) mass is 234 g/mol. The molecule has 17 heavy (non-hydrogen) atoms. The third-order valence-electron chi connectivity index (χ3n) is 2.78. The van der Waals surface area contributed by atoms with Gasteiger partial charge in [0.15, 0.2) is 0 Å². The standard InChI is InChI=1S/C14H22N2O/c1-5-12(16-13(17)14(3,4)15)11-8-6-10(2)7-9-11/h6-9,12H,5,15H2,1-4H3,(H,16,17). The molecule has 0 fully saturated rings. The van der Waals surface area contributed by atoms with Gasteiger partial charge in [-0.05, 0) is 32.8 Å². The van der Waals surface area contributed by atoms with Crippen molar-refractivity contribution < 1.29 is 4.79 Å². The molecule has 0 radical (unpaired) electrons. The predicted molar refractivity (Wildman–Crippen MR) is 70.6 cm³/mol. The second-order valence-corrected chi connectivity index (χ2v) is 5.07. The van der Waals surface area contributed by atoms with Crippen molar-refractivity contribution in [1.29, 1.82) is 0 Å². The molecule has 3 heteroatoms. The zero-order valence-corrected chi connectivity index (χ0v) is 11.1. The Kier molecular flexibility index (Phi) is 4.29. The molecule has 94 valence electrons. The molecule has 0 aromatic heterocycles. The average molecular weight is 234 g/mol. The van der Waals surface area contributed by atoms with Gasteiger partial charge < -0.3 is 11.1 Å². The number of amides is 1. The topological polar surface area (TPSA) is 55.1 Å². The van der Waals surface area contributed by atoms with E-state index in [-0.39, 0.29) is 11.9 Å². The highest BCUT2D eigenvalue weighted by molar-refractivity contribution is 5.85. The molecule has 0 heterocycles. The van der Waals surface area contributed by atoms with Gasteiger partial charge in [-0.25, -0.2) is 0 Å². The minimum atomic E-state index is -0.835. The number of nitrogens with one attached hydrogen (secondary N) is 1. The van der Waals surface area contributed by atoms with E-state index in [1.807, 2.05) is 26.0 Å². The van der Waals surface area contributed by atoms with Crippen LogP contribution in [0.2, 0.25) is 0 Å². The number of benzene rings is 1. The molecule has 1 atom stereocenters. The fourth-order valence-electron chi connectivity index (χ4n) is 1.56. The van der Waals surface area contributed by atoms with Crippen LogP contribution in [0.5, 0.6) is 0 Å². The lowest BCUT2D eigenvalue weighted by atomic mass is 10.0. The Hall–Kier alpha value is -1.35. The Labute approximate surface area is 103 Å². The van der Waals surface area contributed by atoms with Gasteiger partial charge >= 0.3 is 0 Å². The van der Waals surface area contributed by atoms with E-state index in [1.165, 1.54) is 5.56 Å². The molecule has 3 nitrogen and oxygen atoms in total. The number of carbonyl (C=O) groups is 1. The van der Waals surface area contributed by atoms with Gasteiger partial charge in [0.05, 0.1) is 11.6 Å². The van der Waals surface area contributed by atoms with Crippen LogP contribution in [0.4, 0.5) is 0 Å². The predicted octanol–water partition coefficient (Wildman–Crippen LogP) is 2.30. The summed E-state index contributed by atoms with van der Waals surface area (Å²) in [4.78, 5) is 11.8. The number of nitrogens with two attached hydrogens (primary N) is 1. The number of hydrogen-bond donors (Lipinski definition) is 2. The van der Waals surface area contributed by atoms with Crippen molar-refractivity contribution in [2.45, 2.75) is 45.7 Å². The Bertz CT molecular complexity index is 376. The van der Waals surface area contributed by atoms with Crippen molar-refractivity contribution in [3.05, 3.63) is 35.4 Å². The molecule has 0 bridgehead atoms. The second kappa shape index (κ2) is 5.32. The van der Waals surface area contributed by atoms with Crippen molar-refractivity contribution in [1.82, 2.24) is 5.32 Å². The van der Waals surface area contributed by atoms with Crippen molar-refractivity contribution in [3.63, 3.8) is 0 Å². The molecule has 0 saturated carbocycles. The van der Waals surface area contributed by atoms with E-state index in [1.54, 1.807) is 13.8 Å². The third kappa shape index (κ3) is 3.86. The summed E-state index contributed by atoms with van der Waals surface area (Å²) in [6.07, 6.45) is 0.852. The zero-order chi connectivity index (χ0) is 13.1. The summed E-state index contributed by atoms with van der Waals surface area (Å²) in [5, 5.41) is 2.98. The molecule has 0 aliphatic heterocycles. The maximum Gasteiger partial charge on any atom is 0.239 e. The first-order chi connectivity index (χ1) is 7.84. The Morgan fingerprint density at radius 1 is 1.35 bits per heavy atom. The maximum atomic E-state index is 11.8. The minimum absolute atomic E-state index is 0.0333. The zero-order valence-electron chi connectivity index (χ0n) is 11.1. The van der Waals surface area contributed by atoms with Crippen molar-refractivity contribution >= 4 is 5.91 Å². The van der Waals surface area contributed by atoms with Gasteiger partial charge in [-0.3, -0.25) is 4.79 Å². The van der Waals surface area contributed by atoms with Gasteiger partial charge in [0.2, 0.25) is 5.91 Å². The number of rotatable bonds is 4. The summed E-state index contributed by atoms with van der Waals surface area (Å²) in [7, 11) is 0. The van der Waals surface area contributed by atoms with Crippen LogP contribution in [-0.4, -0.2) is 11.4 Å². The maximum absolute atomic E-state index is 11.8. The van der Waals surface area contributed by atoms with Gasteiger partial charge in [-0.1, -0.05) is 36.8 Å². The number of carbonyl (C=O) groups excluding carboxylic acids is 1. The quantitative estimate of drug-likeness (QED) is 0.840. The summed E-state index contributed by atoms with van der Waals surface area (Å²) < 4.78 is 0.